The zero-order valence-corrected chi connectivity index (χ0v) is 21.1. The molecule has 9 heteroatoms. The molecule has 1 unspecified atom stereocenters. The van der Waals surface area contributed by atoms with Gasteiger partial charge in [0, 0.05) is 32.7 Å². The monoisotopic (exact) mass is 515 g/mol. The fraction of sp³-hybridized carbons (Fsp3) is 0.348. The molecule has 2 aromatic rings. The molecule has 5 nitrogen and oxygen atoms in total. The molecule has 0 aliphatic carbocycles. The maximum absolute atomic E-state index is 13.5. The third kappa shape index (κ3) is 5.74. The van der Waals surface area contributed by atoms with Crippen LogP contribution in [0.1, 0.15) is 12.0 Å². The lowest BCUT2D eigenvalue weighted by molar-refractivity contribution is -0.114. The first-order valence-electron chi connectivity index (χ1n) is 10.2. The molecule has 0 radical (unpaired) electrons. The van der Waals surface area contributed by atoms with E-state index in [0.717, 1.165) is 39.1 Å². The van der Waals surface area contributed by atoms with Crippen LogP contribution in [0.3, 0.4) is 0 Å². The first-order valence-corrected chi connectivity index (χ1v) is 11.8. The summed E-state index contributed by atoms with van der Waals surface area (Å²) in [5.41, 5.74) is 1.39. The normalized spacial score (nSPS) is 19.6. The lowest BCUT2D eigenvalue weighted by atomic mass is 10.2. The van der Waals surface area contributed by atoms with E-state index in [1.165, 1.54) is 0 Å². The van der Waals surface area contributed by atoms with Crippen molar-refractivity contribution in [2.24, 2.45) is 0 Å². The average molecular weight is 517 g/mol. The summed E-state index contributed by atoms with van der Waals surface area (Å²) in [7, 11) is 0.604. The van der Waals surface area contributed by atoms with Crippen LogP contribution in [0.2, 0.25) is 0 Å². The van der Waals surface area contributed by atoms with Crippen molar-refractivity contribution >= 4 is 63.7 Å². The molecule has 174 valence electrons. The summed E-state index contributed by atoms with van der Waals surface area (Å²) in [6.45, 7) is 5.69. The zero-order valence-electron chi connectivity index (χ0n) is 17.9. The van der Waals surface area contributed by atoms with Crippen molar-refractivity contribution in [3.8, 4) is 0 Å². The molecule has 1 amide bonds. The summed E-state index contributed by atoms with van der Waals surface area (Å²) in [6.07, 6.45) is 0.835. The van der Waals surface area contributed by atoms with E-state index in [1.807, 2.05) is 54.6 Å². The van der Waals surface area contributed by atoms with Gasteiger partial charge in [-0.2, -0.15) is 0 Å². The van der Waals surface area contributed by atoms with Gasteiger partial charge >= 0.3 is 0 Å². The van der Waals surface area contributed by atoms with E-state index in [9.17, 15) is 9.00 Å². The number of halogens is 3. The van der Waals surface area contributed by atoms with Gasteiger partial charge in [-0.3, -0.25) is 4.79 Å². The largest absolute Gasteiger partial charge is 0.306 e. The van der Waals surface area contributed by atoms with Gasteiger partial charge < -0.3 is 14.7 Å². The van der Waals surface area contributed by atoms with E-state index in [2.05, 4.69) is 16.8 Å². The lowest BCUT2D eigenvalue weighted by Gasteiger charge is -2.33. The van der Waals surface area contributed by atoms with Gasteiger partial charge in [-0.05, 0) is 37.7 Å². The number of piperazine rings is 1. The van der Waals surface area contributed by atoms with E-state index >= 15 is 0 Å². The third-order valence-corrected chi connectivity index (χ3v) is 7.68. The first-order chi connectivity index (χ1) is 14.6. The smallest absolute Gasteiger partial charge is 0.271 e. The fourth-order valence-corrected chi connectivity index (χ4v) is 5.73. The number of para-hydroxylation sites is 1. The summed E-state index contributed by atoms with van der Waals surface area (Å²) in [5.74, 6) is -0.285. The van der Waals surface area contributed by atoms with Crippen molar-refractivity contribution in [3.05, 3.63) is 65.2 Å². The van der Waals surface area contributed by atoms with Crippen LogP contribution in [0.15, 0.2) is 64.5 Å². The Bertz CT molecular complexity index is 979. The third-order valence-electron chi connectivity index (χ3n) is 5.66. The standard InChI is InChI=1S/C23H26ClN3O2S.2ClH/c1-25-14-16-26(17-15-25)12-7-13-27-19-10-5-6-11-20(19)30(29)22(21(24)23(27)28)18-8-3-2-4-9-18;;/h2-6,8-11H,7,12-17H2,1H3;2*1H. The minimum absolute atomic E-state index is 0. The van der Waals surface area contributed by atoms with Crippen LogP contribution in [0.4, 0.5) is 5.69 Å². The maximum atomic E-state index is 13.5. The molecule has 0 bridgehead atoms. The molecular weight excluding hydrogens is 489 g/mol. The maximum Gasteiger partial charge on any atom is 0.271 e. The Kier molecular flexibility index (Phi) is 10.2. The van der Waals surface area contributed by atoms with Crippen molar-refractivity contribution in [2.45, 2.75) is 11.3 Å². The summed E-state index contributed by atoms with van der Waals surface area (Å²) >= 11 is 6.57. The molecule has 2 aromatic carbocycles. The van der Waals surface area contributed by atoms with Crippen molar-refractivity contribution < 1.29 is 9.00 Å². The number of carbonyl (C=O) groups is 1. The average Bonchev–Trinajstić information content (AvgIpc) is 2.85. The number of benzene rings is 2. The molecule has 0 N–H and O–H groups in total. The molecule has 32 heavy (non-hydrogen) atoms. The van der Waals surface area contributed by atoms with Crippen LogP contribution in [-0.2, 0) is 15.6 Å². The highest BCUT2D eigenvalue weighted by molar-refractivity contribution is 7.95. The Morgan fingerprint density at radius 3 is 2.22 bits per heavy atom. The second-order valence-corrected chi connectivity index (χ2v) is 9.46. The highest BCUT2D eigenvalue weighted by Crippen LogP contribution is 2.38. The zero-order chi connectivity index (χ0) is 21.1. The van der Waals surface area contributed by atoms with Crippen LogP contribution in [0.5, 0.6) is 0 Å². The molecule has 0 aromatic heterocycles. The topological polar surface area (TPSA) is 43.9 Å². The van der Waals surface area contributed by atoms with Crippen LogP contribution in [-0.4, -0.2) is 66.2 Å². The fourth-order valence-electron chi connectivity index (χ4n) is 3.92. The van der Waals surface area contributed by atoms with Crippen molar-refractivity contribution in [1.82, 2.24) is 9.80 Å². The number of nitrogens with zero attached hydrogens (tertiary/aromatic N) is 3. The van der Waals surface area contributed by atoms with E-state index in [-0.39, 0.29) is 35.8 Å². The second kappa shape index (κ2) is 12.2. The van der Waals surface area contributed by atoms with E-state index in [0.29, 0.717) is 27.6 Å². The van der Waals surface area contributed by atoms with Crippen molar-refractivity contribution in [2.75, 3.05) is 51.2 Å². The molecule has 1 saturated heterocycles. The van der Waals surface area contributed by atoms with Gasteiger partial charge in [-0.25, -0.2) is 4.21 Å². The summed E-state index contributed by atoms with van der Waals surface area (Å²) in [4.78, 5) is 20.8. The van der Waals surface area contributed by atoms with Crippen LogP contribution in [0.25, 0.3) is 4.91 Å². The van der Waals surface area contributed by atoms with E-state index in [1.54, 1.807) is 4.90 Å². The molecule has 2 aliphatic heterocycles. The van der Waals surface area contributed by atoms with Crippen molar-refractivity contribution in [3.63, 3.8) is 0 Å². The van der Waals surface area contributed by atoms with Crippen LogP contribution >= 0.6 is 36.4 Å². The van der Waals surface area contributed by atoms with Crippen LogP contribution < -0.4 is 4.90 Å². The summed E-state index contributed by atoms with van der Waals surface area (Å²) in [5, 5.41) is 0.0373. The molecule has 2 heterocycles. The predicted molar refractivity (Wildman–Crippen MR) is 137 cm³/mol. The van der Waals surface area contributed by atoms with Crippen LogP contribution in [0, 0.1) is 0 Å². The van der Waals surface area contributed by atoms with E-state index < -0.39 is 10.8 Å². The number of carbonyl (C=O) groups excluding carboxylic acids is 1. The minimum atomic E-state index is -1.54. The second-order valence-electron chi connectivity index (χ2n) is 7.70. The van der Waals surface area contributed by atoms with Gasteiger partial charge in [-0.15, -0.1) is 24.8 Å². The quantitative estimate of drug-likeness (QED) is 0.597. The lowest BCUT2D eigenvalue weighted by Crippen LogP contribution is -2.45. The molecular formula is C23H28Cl3N3O2S. The Balaban J connectivity index is 0.00000181. The Morgan fingerprint density at radius 2 is 1.53 bits per heavy atom. The minimum Gasteiger partial charge on any atom is -0.306 e. The predicted octanol–water partition coefficient (Wildman–Crippen LogP) is 4.23. The SMILES string of the molecule is CN1CCN(CCCN2C(=O)C(Cl)=C(c3ccccc3)S(=O)c3ccccc32)CC1.Cl.Cl. The van der Waals surface area contributed by atoms with Gasteiger partial charge in [0.05, 0.1) is 26.3 Å². The number of hydrogen-bond donors (Lipinski definition) is 0. The number of anilines is 1. The molecule has 1 atom stereocenters. The van der Waals surface area contributed by atoms with Gasteiger partial charge in [0.15, 0.2) is 0 Å². The number of fused-ring (bicyclic) bond motifs is 1. The molecule has 2 aliphatic rings. The number of rotatable bonds is 5. The van der Waals surface area contributed by atoms with Gasteiger partial charge in [0.25, 0.3) is 5.91 Å². The Hall–Kier alpha value is -1.41. The van der Waals surface area contributed by atoms with Gasteiger partial charge in [0.1, 0.15) is 5.03 Å². The van der Waals surface area contributed by atoms with Gasteiger partial charge in [-0.1, -0.05) is 54.1 Å². The Labute approximate surface area is 209 Å². The van der Waals surface area contributed by atoms with Crippen molar-refractivity contribution in [1.29, 1.82) is 0 Å². The number of likely N-dealkylation sites (N-methyl/N-ethyl adjacent to an activating group) is 1. The highest BCUT2D eigenvalue weighted by atomic mass is 35.5. The molecule has 4 rings (SSSR count). The summed E-state index contributed by atoms with van der Waals surface area (Å²) in [6, 6.07) is 16.7. The number of hydrogen-bond acceptors (Lipinski definition) is 4. The highest BCUT2D eigenvalue weighted by Gasteiger charge is 2.32. The molecule has 1 fully saturated rings. The summed E-state index contributed by atoms with van der Waals surface area (Å²) < 4.78 is 13.5. The van der Waals surface area contributed by atoms with Gasteiger partial charge in [0.2, 0.25) is 0 Å². The van der Waals surface area contributed by atoms with E-state index in [4.69, 9.17) is 11.6 Å². The number of amides is 1. The first kappa shape index (κ1) is 26.8. The molecule has 0 spiro atoms. The molecule has 0 saturated carbocycles. The Morgan fingerprint density at radius 1 is 0.906 bits per heavy atom.